The van der Waals surface area contributed by atoms with Crippen LogP contribution in [0.3, 0.4) is 0 Å². The van der Waals surface area contributed by atoms with E-state index < -0.39 is 0 Å². The zero-order chi connectivity index (χ0) is 10.7. The molecule has 0 aliphatic heterocycles. The van der Waals surface area contributed by atoms with Crippen molar-refractivity contribution in [3.05, 3.63) is 24.4 Å². The Bertz CT molecular complexity index is 471. The SMILES string of the molecule is CCCOc1nncc2c(O)cccc12. The second-order valence-electron chi connectivity index (χ2n) is 3.24. The van der Waals surface area contributed by atoms with E-state index in [9.17, 15) is 5.11 Å². The number of hydrogen-bond acceptors (Lipinski definition) is 4. The summed E-state index contributed by atoms with van der Waals surface area (Å²) in [5, 5.41) is 18.7. The van der Waals surface area contributed by atoms with Gasteiger partial charge in [0.25, 0.3) is 0 Å². The molecule has 4 nitrogen and oxygen atoms in total. The van der Waals surface area contributed by atoms with Crippen molar-refractivity contribution in [1.29, 1.82) is 0 Å². The highest BCUT2D eigenvalue weighted by Crippen LogP contribution is 2.28. The van der Waals surface area contributed by atoms with Crippen LogP contribution in [0, 0.1) is 0 Å². The molecule has 1 aromatic carbocycles. The van der Waals surface area contributed by atoms with E-state index in [0.717, 1.165) is 11.8 Å². The van der Waals surface area contributed by atoms with Gasteiger partial charge in [-0.2, -0.15) is 5.10 Å². The van der Waals surface area contributed by atoms with Gasteiger partial charge in [-0.3, -0.25) is 0 Å². The molecule has 4 heteroatoms. The Morgan fingerprint density at radius 3 is 3.00 bits per heavy atom. The van der Waals surface area contributed by atoms with Crippen molar-refractivity contribution >= 4 is 10.8 Å². The summed E-state index contributed by atoms with van der Waals surface area (Å²) >= 11 is 0. The van der Waals surface area contributed by atoms with Gasteiger partial charge < -0.3 is 9.84 Å². The Morgan fingerprint density at radius 2 is 2.20 bits per heavy atom. The van der Waals surface area contributed by atoms with Crippen LogP contribution in [0.15, 0.2) is 24.4 Å². The summed E-state index contributed by atoms with van der Waals surface area (Å²) in [6.45, 7) is 2.62. The largest absolute Gasteiger partial charge is 0.507 e. The van der Waals surface area contributed by atoms with Crippen molar-refractivity contribution in [3.63, 3.8) is 0 Å². The molecule has 0 aliphatic carbocycles. The molecule has 0 amide bonds. The first kappa shape index (κ1) is 9.71. The van der Waals surface area contributed by atoms with Gasteiger partial charge >= 0.3 is 0 Å². The van der Waals surface area contributed by atoms with Crippen LogP contribution in [0.1, 0.15) is 13.3 Å². The van der Waals surface area contributed by atoms with Gasteiger partial charge in [0.05, 0.1) is 18.2 Å². The van der Waals surface area contributed by atoms with Crippen molar-refractivity contribution in [3.8, 4) is 11.6 Å². The lowest BCUT2D eigenvalue weighted by Gasteiger charge is -2.06. The van der Waals surface area contributed by atoms with Crippen LogP contribution in [0.25, 0.3) is 10.8 Å². The van der Waals surface area contributed by atoms with Gasteiger partial charge in [-0.25, -0.2) is 0 Å². The molecule has 1 N–H and O–H groups in total. The fraction of sp³-hybridized carbons (Fsp3) is 0.273. The minimum Gasteiger partial charge on any atom is -0.507 e. The Balaban J connectivity index is 2.51. The third-order valence-electron chi connectivity index (χ3n) is 2.09. The number of nitrogens with zero attached hydrogens (tertiary/aromatic N) is 2. The number of phenols is 1. The zero-order valence-electron chi connectivity index (χ0n) is 8.47. The number of rotatable bonds is 3. The van der Waals surface area contributed by atoms with E-state index >= 15 is 0 Å². The average Bonchev–Trinajstić information content (AvgIpc) is 2.27. The number of benzene rings is 1. The van der Waals surface area contributed by atoms with Crippen LogP contribution in [0.2, 0.25) is 0 Å². The molecule has 0 bridgehead atoms. The molecule has 0 atom stereocenters. The smallest absolute Gasteiger partial charge is 0.241 e. The predicted octanol–water partition coefficient (Wildman–Crippen LogP) is 2.12. The predicted molar refractivity (Wildman–Crippen MR) is 57.0 cm³/mol. The van der Waals surface area contributed by atoms with E-state index in [2.05, 4.69) is 10.2 Å². The number of aromatic nitrogens is 2. The maximum atomic E-state index is 9.60. The van der Waals surface area contributed by atoms with Crippen LogP contribution >= 0.6 is 0 Å². The normalized spacial score (nSPS) is 10.5. The van der Waals surface area contributed by atoms with Crippen LogP contribution in [-0.4, -0.2) is 21.9 Å². The number of aromatic hydroxyl groups is 1. The molecule has 78 valence electrons. The van der Waals surface area contributed by atoms with Crippen molar-refractivity contribution in [2.75, 3.05) is 6.61 Å². The summed E-state index contributed by atoms with van der Waals surface area (Å²) in [4.78, 5) is 0. The van der Waals surface area contributed by atoms with Crippen LogP contribution < -0.4 is 4.74 Å². The summed E-state index contributed by atoms with van der Waals surface area (Å²) in [6.07, 6.45) is 2.44. The first-order valence-corrected chi connectivity index (χ1v) is 4.89. The molecule has 0 spiro atoms. The van der Waals surface area contributed by atoms with Crippen LogP contribution in [0.5, 0.6) is 11.6 Å². The number of ether oxygens (including phenoxy) is 1. The second-order valence-corrected chi connectivity index (χ2v) is 3.24. The van der Waals surface area contributed by atoms with Gasteiger partial charge in [0.1, 0.15) is 5.75 Å². The zero-order valence-corrected chi connectivity index (χ0v) is 8.47. The summed E-state index contributed by atoms with van der Waals surface area (Å²) in [7, 11) is 0. The number of phenolic OH excluding ortho intramolecular Hbond substituents is 1. The molecule has 0 fully saturated rings. The molecular weight excluding hydrogens is 192 g/mol. The molecular formula is C11H12N2O2. The lowest BCUT2D eigenvalue weighted by atomic mass is 10.2. The van der Waals surface area contributed by atoms with Crippen LogP contribution in [0.4, 0.5) is 0 Å². The van der Waals surface area contributed by atoms with E-state index in [-0.39, 0.29) is 5.75 Å². The van der Waals surface area contributed by atoms with Gasteiger partial charge in [-0.15, -0.1) is 5.10 Å². The molecule has 2 rings (SSSR count). The monoisotopic (exact) mass is 204 g/mol. The highest BCUT2D eigenvalue weighted by atomic mass is 16.5. The van der Waals surface area contributed by atoms with E-state index in [1.165, 1.54) is 6.20 Å². The van der Waals surface area contributed by atoms with Gasteiger partial charge in [-0.1, -0.05) is 13.0 Å². The Morgan fingerprint density at radius 1 is 1.33 bits per heavy atom. The standard InChI is InChI=1S/C11H12N2O2/c1-2-6-15-11-8-4-3-5-10(14)9(8)7-12-13-11/h3-5,7,14H,2,6H2,1H3. The molecule has 2 aromatic rings. The van der Waals surface area contributed by atoms with E-state index in [4.69, 9.17) is 4.74 Å². The van der Waals surface area contributed by atoms with Gasteiger partial charge in [0, 0.05) is 5.39 Å². The Labute approximate surface area is 87.5 Å². The van der Waals surface area contributed by atoms with E-state index in [1.54, 1.807) is 12.1 Å². The lowest BCUT2D eigenvalue weighted by molar-refractivity contribution is 0.306. The maximum Gasteiger partial charge on any atom is 0.241 e. The third-order valence-corrected chi connectivity index (χ3v) is 2.09. The number of fused-ring (bicyclic) bond motifs is 1. The van der Waals surface area contributed by atoms with Crippen molar-refractivity contribution < 1.29 is 9.84 Å². The molecule has 0 radical (unpaired) electrons. The fourth-order valence-electron chi connectivity index (χ4n) is 1.37. The quantitative estimate of drug-likeness (QED) is 0.832. The van der Waals surface area contributed by atoms with Crippen molar-refractivity contribution in [2.24, 2.45) is 0 Å². The van der Waals surface area contributed by atoms with Crippen molar-refractivity contribution in [1.82, 2.24) is 10.2 Å². The van der Waals surface area contributed by atoms with E-state index in [1.807, 2.05) is 13.0 Å². The topological polar surface area (TPSA) is 55.2 Å². The highest BCUT2D eigenvalue weighted by Gasteiger charge is 2.06. The summed E-state index contributed by atoms with van der Waals surface area (Å²) in [5.74, 6) is 0.675. The first-order chi connectivity index (χ1) is 7.33. The minimum atomic E-state index is 0.198. The molecule has 0 unspecified atom stereocenters. The number of hydrogen-bond donors (Lipinski definition) is 1. The molecule has 0 aliphatic rings. The van der Waals surface area contributed by atoms with Gasteiger partial charge in [0.15, 0.2) is 0 Å². The Kier molecular flexibility index (Phi) is 2.67. The fourth-order valence-corrected chi connectivity index (χ4v) is 1.37. The average molecular weight is 204 g/mol. The molecule has 0 saturated carbocycles. The maximum absolute atomic E-state index is 9.60. The third kappa shape index (κ3) is 1.83. The molecule has 1 aromatic heterocycles. The van der Waals surface area contributed by atoms with Crippen molar-refractivity contribution in [2.45, 2.75) is 13.3 Å². The minimum absolute atomic E-state index is 0.198. The molecule has 0 saturated heterocycles. The molecule has 15 heavy (non-hydrogen) atoms. The van der Waals surface area contributed by atoms with Gasteiger partial charge in [0.2, 0.25) is 5.88 Å². The summed E-state index contributed by atoms with van der Waals surface area (Å²) in [6, 6.07) is 5.24. The van der Waals surface area contributed by atoms with Gasteiger partial charge in [-0.05, 0) is 18.6 Å². The Hall–Kier alpha value is -1.84. The first-order valence-electron chi connectivity index (χ1n) is 4.89. The summed E-state index contributed by atoms with van der Waals surface area (Å²) in [5.41, 5.74) is 0. The lowest BCUT2D eigenvalue weighted by Crippen LogP contribution is -1.99. The highest BCUT2D eigenvalue weighted by molar-refractivity contribution is 5.90. The van der Waals surface area contributed by atoms with E-state index in [0.29, 0.717) is 17.9 Å². The molecule has 1 heterocycles. The summed E-state index contributed by atoms with van der Waals surface area (Å²) < 4.78 is 5.44. The van der Waals surface area contributed by atoms with Crippen LogP contribution in [-0.2, 0) is 0 Å². The second kappa shape index (κ2) is 4.13.